The molecule has 21 heavy (non-hydrogen) atoms. The van der Waals surface area contributed by atoms with Crippen LogP contribution in [0, 0.1) is 13.8 Å². The first-order chi connectivity index (χ1) is 10.1. The van der Waals surface area contributed by atoms with E-state index in [9.17, 15) is 0 Å². The first-order valence-corrected chi connectivity index (χ1v) is 7.57. The molecule has 2 aromatic rings. The van der Waals surface area contributed by atoms with Crippen molar-refractivity contribution in [2.75, 3.05) is 11.9 Å². The van der Waals surface area contributed by atoms with Crippen molar-refractivity contribution in [3.05, 3.63) is 47.2 Å². The van der Waals surface area contributed by atoms with Gasteiger partial charge in [-0.25, -0.2) is 4.68 Å². The van der Waals surface area contributed by atoms with Gasteiger partial charge in [-0.1, -0.05) is 30.3 Å². The van der Waals surface area contributed by atoms with Gasteiger partial charge in [0.15, 0.2) is 0 Å². The maximum atomic E-state index is 9.14. The van der Waals surface area contributed by atoms with Crippen LogP contribution in [0.1, 0.15) is 30.2 Å². The Labute approximate surface area is 126 Å². The topological polar surface area (TPSA) is 50.1 Å². The maximum Gasteiger partial charge on any atom is 0.127 e. The Morgan fingerprint density at radius 1 is 1.24 bits per heavy atom. The lowest BCUT2D eigenvalue weighted by Crippen LogP contribution is -2.20. The molecule has 1 heterocycles. The average molecular weight is 287 g/mol. The second-order valence-electron chi connectivity index (χ2n) is 5.58. The van der Waals surface area contributed by atoms with E-state index in [1.165, 1.54) is 5.56 Å². The molecule has 0 radical (unpaired) electrons. The van der Waals surface area contributed by atoms with Crippen molar-refractivity contribution in [2.24, 2.45) is 0 Å². The first-order valence-electron chi connectivity index (χ1n) is 7.57. The van der Waals surface area contributed by atoms with Crippen molar-refractivity contribution in [3.8, 4) is 0 Å². The Morgan fingerprint density at radius 2 is 1.95 bits per heavy atom. The van der Waals surface area contributed by atoms with Crippen molar-refractivity contribution >= 4 is 5.82 Å². The Morgan fingerprint density at radius 3 is 2.62 bits per heavy atom. The summed E-state index contributed by atoms with van der Waals surface area (Å²) in [4.78, 5) is 0. The van der Waals surface area contributed by atoms with Crippen molar-refractivity contribution < 1.29 is 5.11 Å². The zero-order chi connectivity index (χ0) is 15.2. The lowest BCUT2D eigenvalue weighted by Gasteiger charge is -2.17. The van der Waals surface area contributed by atoms with Crippen molar-refractivity contribution in [3.63, 3.8) is 0 Å². The standard InChI is InChI=1S/C17H25N3O/c1-13(9-10-16-7-5-4-6-8-16)18-17-14(2)15(3)19-20(17)11-12-21/h4-8,13,18,21H,9-12H2,1-3H3. The fourth-order valence-electron chi connectivity index (χ4n) is 2.44. The third-order valence-electron chi connectivity index (χ3n) is 3.83. The summed E-state index contributed by atoms with van der Waals surface area (Å²) in [5.74, 6) is 1.03. The van der Waals surface area contributed by atoms with Gasteiger partial charge >= 0.3 is 0 Å². The number of nitrogens with zero attached hydrogens (tertiary/aromatic N) is 2. The number of aliphatic hydroxyl groups excluding tert-OH is 1. The molecule has 1 atom stereocenters. The second kappa shape index (κ2) is 7.27. The summed E-state index contributed by atoms with van der Waals surface area (Å²) in [7, 11) is 0. The molecular formula is C17H25N3O. The molecule has 2 N–H and O–H groups in total. The van der Waals surface area contributed by atoms with Gasteiger partial charge in [0.25, 0.3) is 0 Å². The summed E-state index contributed by atoms with van der Waals surface area (Å²) < 4.78 is 1.86. The van der Waals surface area contributed by atoms with Crippen LogP contribution in [0.15, 0.2) is 30.3 Å². The Bertz CT molecular complexity index is 563. The SMILES string of the molecule is Cc1nn(CCO)c(NC(C)CCc2ccccc2)c1C. The van der Waals surface area contributed by atoms with Crippen LogP contribution in [-0.4, -0.2) is 27.5 Å². The number of rotatable bonds is 7. The number of anilines is 1. The molecule has 4 nitrogen and oxygen atoms in total. The Hall–Kier alpha value is -1.81. The molecular weight excluding hydrogens is 262 g/mol. The lowest BCUT2D eigenvalue weighted by molar-refractivity contribution is 0.270. The maximum absolute atomic E-state index is 9.14. The molecule has 0 aliphatic rings. The minimum Gasteiger partial charge on any atom is -0.394 e. The van der Waals surface area contributed by atoms with Crippen LogP contribution in [0.5, 0.6) is 0 Å². The lowest BCUT2D eigenvalue weighted by atomic mass is 10.1. The van der Waals surface area contributed by atoms with Gasteiger partial charge in [-0.3, -0.25) is 0 Å². The molecule has 0 saturated carbocycles. The summed E-state index contributed by atoms with van der Waals surface area (Å²) in [6, 6.07) is 10.9. The van der Waals surface area contributed by atoms with Gasteiger partial charge < -0.3 is 10.4 Å². The third-order valence-corrected chi connectivity index (χ3v) is 3.83. The number of aromatic nitrogens is 2. The highest BCUT2D eigenvalue weighted by Crippen LogP contribution is 2.20. The Balaban J connectivity index is 1.97. The van der Waals surface area contributed by atoms with Crippen molar-refractivity contribution in [1.29, 1.82) is 0 Å². The summed E-state index contributed by atoms with van der Waals surface area (Å²) in [6.45, 7) is 6.90. The van der Waals surface area contributed by atoms with Crippen LogP contribution >= 0.6 is 0 Å². The van der Waals surface area contributed by atoms with Crippen molar-refractivity contribution in [1.82, 2.24) is 9.78 Å². The molecule has 0 bridgehead atoms. The highest BCUT2D eigenvalue weighted by molar-refractivity contribution is 5.47. The molecule has 114 valence electrons. The van der Waals surface area contributed by atoms with Crippen LogP contribution in [-0.2, 0) is 13.0 Å². The normalized spacial score (nSPS) is 12.4. The summed E-state index contributed by atoms with van der Waals surface area (Å²) in [5.41, 5.74) is 3.54. The van der Waals surface area contributed by atoms with Crippen LogP contribution in [0.25, 0.3) is 0 Å². The average Bonchev–Trinajstić information content (AvgIpc) is 2.74. The summed E-state index contributed by atoms with van der Waals surface area (Å²) in [6.07, 6.45) is 2.12. The van der Waals surface area contributed by atoms with Gasteiger partial charge in [0, 0.05) is 11.6 Å². The highest BCUT2D eigenvalue weighted by Gasteiger charge is 2.13. The summed E-state index contributed by atoms with van der Waals surface area (Å²) in [5, 5.41) is 17.2. The highest BCUT2D eigenvalue weighted by atomic mass is 16.3. The smallest absolute Gasteiger partial charge is 0.127 e. The monoisotopic (exact) mass is 287 g/mol. The van der Waals surface area contributed by atoms with Crippen LogP contribution in [0.4, 0.5) is 5.82 Å². The van der Waals surface area contributed by atoms with E-state index in [1.807, 2.05) is 17.7 Å². The van der Waals surface area contributed by atoms with Gasteiger partial charge in [0.2, 0.25) is 0 Å². The number of hydrogen-bond acceptors (Lipinski definition) is 3. The molecule has 1 aromatic carbocycles. The minimum absolute atomic E-state index is 0.105. The predicted molar refractivity (Wildman–Crippen MR) is 86.6 cm³/mol. The molecule has 4 heteroatoms. The molecule has 0 amide bonds. The molecule has 2 rings (SSSR count). The molecule has 0 aliphatic carbocycles. The largest absolute Gasteiger partial charge is 0.394 e. The number of benzene rings is 1. The van der Waals surface area contributed by atoms with Crippen LogP contribution in [0.3, 0.4) is 0 Å². The quantitative estimate of drug-likeness (QED) is 0.823. The van der Waals surface area contributed by atoms with Gasteiger partial charge in [0.1, 0.15) is 5.82 Å². The van der Waals surface area contributed by atoms with E-state index in [4.69, 9.17) is 5.11 Å². The zero-order valence-corrected chi connectivity index (χ0v) is 13.1. The number of aliphatic hydroxyl groups is 1. The number of aryl methyl sites for hydroxylation is 2. The van der Waals surface area contributed by atoms with E-state index < -0.39 is 0 Å². The number of nitrogens with one attached hydrogen (secondary N) is 1. The molecule has 1 unspecified atom stereocenters. The van der Waals surface area contributed by atoms with Gasteiger partial charge in [-0.15, -0.1) is 0 Å². The van der Waals surface area contributed by atoms with E-state index in [0.717, 1.165) is 29.9 Å². The predicted octanol–water partition coefficient (Wildman–Crippen LogP) is 2.93. The molecule has 0 saturated heterocycles. The fourth-order valence-corrected chi connectivity index (χ4v) is 2.44. The second-order valence-corrected chi connectivity index (χ2v) is 5.58. The van der Waals surface area contributed by atoms with Crippen LogP contribution < -0.4 is 5.32 Å². The first kappa shape index (κ1) is 15.6. The van der Waals surface area contributed by atoms with E-state index in [0.29, 0.717) is 12.6 Å². The van der Waals surface area contributed by atoms with Gasteiger partial charge in [-0.2, -0.15) is 5.10 Å². The third kappa shape index (κ3) is 4.08. The van der Waals surface area contributed by atoms with E-state index in [1.54, 1.807) is 0 Å². The molecule has 0 spiro atoms. The van der Waals surface area contributed by atoms with E-state index >= 15 is 0 Å². The van der Waals surface area contributed by atoms with E-state index in [-0.39, 0.29) is 6.61 Å². The van der Waals surface area contributed by atoms with Crippen LogP contribution in [0.2, 0.25) is 0 Å². The summed E-state index contributed by atoms with van der Waals surface area (Å²) >= 11 is 0. The van der Waals surface area contributed by atoms with Gasteiger partial charge in [0.05, 0.1) is 18.8 Å². The molecule has 0 fully saturated rings. The van der Waals surface area contributed by atoms with E-state index in [2.05, 4.69) is 48.5 Å². The number of hydrogen-bond donors (Lipinski definition) is 2. The minimum atomic E-state index is 0.105. The zero-order valence-electron chi connectivity index (χ0n) is 13.1. The fraction of sp³-hybridized carbons (Fsp3) is 0.471. The Kier molecular flexibility index (Phi) is 5.39. The van der Waals surface area contributed by atoms with Crippen molar-refractivity contribution in [2.45, 2.75) is 46.2 Å². The molecule has 1 aromatic heterocycles. The molecule has 0 aliphatic heterocycles. The van der Waals surface area contributed by atoms with Gasteiger partial charge in [-0.05, 0) is 39.2 Å².